The molecule has 20 heavy (non-hydrogen) atoms. The van der Waals surface area contributed by atoms with Crippen LogP contribution in [0.3, 0.4) is 0 Å². The molecule has 0 fully saturated rings. The number of rotatable bonds is 3. The van der Waals surface area contributed by atoms with Crippen LogP contribution in [0.2, 0.25) is 5.02 Å². The van der Waals surface area contributed by atoms with Gasteiger partial charge in [0, 0.05) is 4.47 Å². The van der Waals surface area contributed by atoms with E-state index < -0.39 is 0 Å². The Bertz CT molecular complexity index is 674. The highest BCUT2D eigenvalue weighted by molar-refractivity contribution is 9.10. The average Bonchev–Trinajstić information content (AvgIpc) is 2.44. The van der Waals surface area contributed by atoms with Crippen LogP contribution < -0.4 is 10.5 Å². The van der Waals surface area contributed by atoms with E-state index in [4.69, 9.17) is 27.3 Å². The molecular weight excluding hydrogens is 344 g/mol. The first-order valence-electron chi connectivity index (χ1n) is 5.73. The summed E-state index contributed by atoms with van der Waals surface area (Å²) in [5.74, 6) is 0.972. The summed E-state index contributed by atoms with van der Waals surface area (Å²) in [6.07, 6.45) is 0. The standard InChI is InChI=1S/C14H12BrClN2O2/c1-8-3-2-4-10(14(17)18-19)13(8)20-12-7-9(15)5-6-11(12)16/h2-7,19H,1H3,(H2,17,18). The minimum Gasteiger partial charge on any atom is -0.455 e. The molecule has 0 aliphatic rings. The van der Waals surface area contributed by atoms with Crippen LogP contribution >= 0.6 is 27.5 Å². The van der Waals surface area contributed by atoms with Crippen LogP contribution in [0.4, 0.5) is 0 Å². The predicted molar refractivity (Wildman–Crippen MR) is 82.9 cm³/mol. The molecule has 0 saturated carbocycles. The van der Waals surface area contributed by atoms with Gasteiger partial charge in [-0.2, -0.15) is 0 Å². The number of ether oxygens (including phenoxy) is 1. The number of halogens is 2. The lowest BCUT2D eigenvalue weighted by atomic mass is 10.1. The Balaban J connectivity index is 2.50. The third-order valence-corrected chi connectivity index (χ3v) is 3.51. The van der Waals surface area contributed by atoms with E-state index in [1.54, 1.807) is 24.3 Å². The summed E-state index contributed by atoms with van der Waals surface area (Å²) < 4.78 is 6.68. The Kier molecular flexibility index (Phi) is 4.52. The maximum atomic E-state index is 8.84. The molecule has 0 aliphatic heterocycles. The summed E-state index contributed by atoms with van der Waals surface area (Å²) in [7, 11) is 0. The van der Waals surface area contributed by atoms with Crippen LogP contribution in [0, 0.1) is 6.92 Å². The fourth-order valence-corrected chi connectivity index (χ4v) is 2.21. The SMILES string of the molecule is Cc1cccc(/C(N)=N/O)c1Oc1cc(Br)ccc1Cl. The molecule has 2 aromatic rings. The van der Waals surface area contributed by atoms with Crippen molar-refractivity contribution < 1.29 is 9.94 Å². The number of hydrogen-bond donors (Lipinski definition) is 2. The molecule has 3 N–H and O–H groups in total. The second-order valence-electron chi connectivity index (χ2n) is 4.11. The van der Waals surface area contributed by atoms with E-state index >= 15 is 0 Å². The van der Waals surface area contributed by atoms with Crippen molar-refractivity contribution in [3.8, 4) is 11.5 Å². The van der Waals surface area contributed by atoms with Crippen LogP contribution in [0.5, 0.6) is 11.5 Å². The molecule has 0 saturated heterocycles. The maximum Gasteiger partial charge on any atom is 0.173 e. The van der Waals surface area contributed by atoms with Crippen molar-refractivity contribution in [2.24, 2.45) is 10.9 Å². The average molecular weight is 356 g/mol. The number of nitrogens with two attached hydrogens (primary N) is 1. The lowest BCUT2D eigenvalue weighted by Gasteiger charge is -2.14. The summed E-state index contributed by atoms with van der Waals surface area (Å²) in [4.78, 5) is 0. The van der Waals surface area contributed by atoms with Crippen molar-refractivity contribution in [1.82, 2.24) is 0 Å². The first kappa shape index (κ1) is 14.7. The number of nitrogens with zero attached hydrogens (tertiary/aromatic N) is 1. The molecular formula is C14H12BrClN2O2. The predicted octanol–water partition coefficient (Wildman–Crippen LogP) is 4.30. The lowest BCUT2D eigenvalue weighted by molar-refractivity contribution is 0.318. The quantitative estimate of drug-likeness (QED) is 0.373. The Morgan fingerprint density at radius 3 is 2.80 bits per heavy atom. The first-order chi connectivity index (χ1) is 9.52. The molecule has 0 aromatic heterocycles. The van der Waals surface area contributed by atoms with Gasteiger partial charge in [-0.1, -0.05) is 44.8 Å². The largest absolute Gasteiger partial charge is 0.455 e. The summed E-state index contributed by atoms with van der Waals surface area (Å²) in [5.41, 5.74) is 7.02. The van der Waals surface area contributed by atoms with Crippen LogP contribution in [0.1, 0.15) is 11.1 Å². The van der Waals surface area contributed by atoms with E-state index in [1.807, 2.05) is 19.1 Å². The molecule has 0 amide bonds. The minimum atomic E-state index is -0.0187. The van der Waals surface area contributed by atoms with E-state index in [-0.39, 0.29) is 5.84 Å². The maximum absolute atomic E-state index is 8.84. The highest BCUT2D eigenvalue weighted by Gasteiger charge is 2.13. The van der Waals surface area contributed by atoms with Gasteiger partial charge in [0.15, 0.2) is 5.84 Å². The summed E-state index contributed by atoms with van der Waals surface area (Å²) in [6, 6.07) is 10.7. The zero-order chi connectivity index (χ0) is 14.7. The summed E-state index contributed by atoms with van der Waals surface area (Å²) >= 11 is 9.47. The van der Waals surface area contributed by atoms with Crippen molar-refractivity contribution >= 4 is 33.4 Å². The van der Waals surface area contributed by atoms with Crippen LogP contribution in [-0.2, 0) is 0 Å². The van der Waals surface area contributed by atoms with Gasteiger partial charge >= 0.3 is 0 Å². The molecule has 0 unspecified atom stereocenters. The van der Waals surface area contributed by atoms with Gasteiger partial charge in [0.1, 0.15) is 11.5 Å². The molecule has 0 heterocycles. The second-order valence-corrected chi connectivity index (χ2v) is 5.44. The third kappa shape index (κ3) is 3.05. The number of para-hydroxylation sites is 1. The number of benzene rings is 2. The topological polar surface area (TPSA) is 67.8 Å². The number of amidine groups is 1. The van der Waals surface area contributed by atoms with Gasteiger partial charge in [0.25, 0.3) is 0 Å². The van der Waals surface area contributed by atoms with Crippen LogP contribution in [-0.4, -0.2) is 11.0 Å². The number of hydrogen-bond acceptors (Lipinski definition) is 3. The molecule has 0 bridgehead atoms. The second kappa shape index (κ2) is 6.15. The van der Waals surface area contributed by atoms with Crippen LogP contribution in [0.15, 0.2) is 46.0 Å². The van der Waals surface area contributed by atoms with Gasteiger partial charge in [0.2, 0.25) is 0 Å². The molecule has 0 spiro atoms. The third-order valence-electron chi connectivity index (χ3n) is 2.70. The van der Waals surface area contributed by atoms with E-state index in [0.29, 0.717) is 22.1 Å². The molecule has 0 aliphatic carbocycles. The zero-order valence-electron chi connectivity index (χ0n) is 10.6. The van der Waals surface area contributed by atoms with E-state index in [2.05, 4.69) is 21.1 Å². The Hall–Kier alpha value is -1.72. The van der Waals surface area contributed by atoms with E-state index in [0.717, 1.165) is 10.0 Å². The minimum absolute atomic E-state index is 0.0187. The molecule has 4 nitrogen and oxygen atoms in total. The fraction of sp³-hybridized carbons (Fsp3) is 0.0714. The van der Waals surface area contributed by atoms with Gasteiger partial charge < -0.3 is 15.7 Å². The number of aryl methyl sites for hydroxylation is 1. The highest BCUT2D eigenvalue weighted by atomic mass is 79.9. The Labute approximate surface area is 129 Å². The monoisotopic (exact) mass is 354 g/mol. The Morgan fingerprint density at radius 2 is 2.10 bits per heavy atom. The van der Waals surface area contributed by atoms with Crippen molar-refractivity contribution in [1.29, 1.82) is 0 Å². The summed E-state index contributed by atoms with van der Waals surface area (Å²) in [6.45, 7) is 1.87. The highest BCUT2D eigenvalue weighted by Crippen LogP contribution is 2.35. The summed E-state index contributed by atoms with van der Waals surface area (Å²) in [5, 5.41) is 12.3. The molecule has 2 aromatic carbocycles. The normalized spacial score (nSPS) is 11.4. The number of oxime groups is 1. The molecule has 0 atom stereocenters. The van der Waals surface area contributed by atoms with E-state index in [1.165, 1.54) is 0 Å². The van der Waals surface area contributed by atoms with Gasteiger partial charge in [-0.3, -0.25) is 0 Å². The van der Waals surface area contributed by atoms with Crippen molar-refractivity contribution in [2.45, 2.75) is 6.92 Å². The van der Waals surface area contributed by atoms with Gasteiger partial charge in [-0.15, -0.1) is 0 Å². The lowest BCUT2D eigenvalue weighted by Crippen LogP contribution is -2.14. The van der Waals surface area contributed by atoms with Gasteiger partial charge in [-0.05, 0) is 36.8 Å². The zero-order valence-corrected chi connectivity index (χ0v) is 12.9. The molecule has 0 radical (unpaired) electrons. The first-order valence-corrected chi connectivity index (χ1v) is 6.90. The smallest absolute Gasteiger partial charge is 0.173 e. The van der Waals surface area contributed by atoms with Crippen molar-refractivity contribution in [3.05, 3.63) is 57.0 Å². The fourth-order valence-electron chi connectivity index (χ4n) is 1.71. The Morgan fingerprint density at radius 1 is 1.35 bits per heavy atom. The van der Waals surface area contributed by atoms with Gasteiger partial charge in [-0.25, -0.2) is 0 Å². The van der Waals surface area contributed by atoms with Crippen molar-refractivity contribution in [3.63, 3.8) is 0 Å². The molecule has 6 heteroatoms. The van der Waals surface area contributed by atoms with Gasteiger partial charge in [0.05, 0.1) is 10.6 Å². The molecule has 104 valence electrons. The van der Waals surface area contributed by atoms with E-state index in [9.17, 15) is 0 Å². The molecule has 2 rings (SSSR count). The van der Waals surface area contributed by atoms with Crippen molar-refractivity contribution in [2.75, 3.05) is 0 Å². The van der Waals surface area contributed by atoms with Crippen LogP contribution in [0.25, 0.3) is 0 Å².